The molecule has 0 aliphatic heterocycles. The Balaban J connectivity index is 1.85. The normalized spacial score (nSPS) is 17.8. The maximum Gasteiger partial charge on any atom is 0.129 e. The molecule has 0 spiro atoms. The zero-order valence-electron chi connectivity index (χ0n) is 19.2. The van der Waals surface area contributed by atoms with E-state index in [4.69, 9.17) is 9.47 Å². The lowest BCUT2D eigenvalue weighted by molar-refractivity contribution is 0.314. The van der Waals surface area contributed by atoms with Gasteiger partial charge in [0.05, 0.1) is 17.9 Å². The summed E-state index contributed by atoms with van der Waals surface area (Å²) in [5, 5.41) is 0. The summed E-state index contributed by atoms with van der Waals surface area (Å²) in [5.74, 6) is 2.06. The van der Waals surface area contributed by atoms with E-state index in [9.17, 15) is 0 Å². The molecule has 2 aliphatic rings. The first kappa shape index (κ1) is 21.1. The fourth-order valence-corrected chi connectivity index (χ4v) is 5.64. The van der Waals surface area contributed by atoms with Gasteiger partial charge in [0.15, 0.2) is 0 Å². The Morgan fingerprint density at radius 3 is 2.06 bits per heavy atom. The number of hydrogen-bond acceptors (Lipinski definition) is 2. The van der Waals surface area contributed by atoms with Crippen molar-refractivity contribution in [3.05, 3.63) is 138 Å². The molecule has 0 saturated carbocycles. The third kappa shape index (κ3) is 3.17. The lowest BCUT2D eigenvalue weighted by atomic mass is 9.62. The number of hydrogen-bond donors (Lipinski definition) is 0. The highest BCUT2D eigenvalue weighted by molar-refractivity contribution is 5.86. The smallest absolute Gasteiger partial charge is 0.129 e. The minimum atomic E-state index is -0.389. The van der Waals surface area contributed by atoms with Gasteiger partial charge < -0.3 is 9.47 Å². The van der Waals surface area contributed by atoms with E-state index < -0.39 is 0 Å². The first-order valence-corrected chi connectivity index (χ1v) is 11.4. The summed E-state index contributed by atoms with van der Waals surface area (Å²) in [6.45, 7) is 11.8. The molecule has 3 aromatic rings. The van der Waals surface area contributed by atoms with Gasteiger partial charge in [0, 0.05) is 6.42 Å². The van der Waals surface area contributed by atoms with Crippen molar-refractivity contribution >= 4 is 0 Å². The molecule has 0 heterocycles. The van der Waals surface area contributed by atoms with E-state index in [0.717, 1.165) is 23.5 Å². The second-order valence-corrected chi connectivity index (χ2v) is 8.75. The molecule has 2 aliphatic carbocycles. The van der Waals surface area contributed by atoms with E-state index in [-0.39, 0.29) is 11.3 Å². The van der Waals surface area contributed by atoms with Crippen molar-refractivity contribution in [2.75, 3.05) is 0 Å². The molecule has 0 bridgehead atoms. The molecular weight excluding hydrogens is 404 g/mol. The summed E-state index contributed by atoms with van der Waals surface area (Å²) in [6, 6.07) is 24.2. The molecule has 33 heavy (non-hydrogen) atoms. The Morgan fingerprint density at radius 1 is 0.848 bits per heavy atom. The van der Waals surface area contributed by atoms with Gasteiger partial charge in [-0.3, -0.25) is 0 Å². The molecule has 1 unspecified atom stereocenters. The predicted octanol–water partition coefficient (Wildman–Crippen LogP) is 7.84. The lowest BCUT2D eigenvalue weighted by Gasteiger charge is -2.40. The topological polar surface area (TPSA) is 18.5 Å². The Kier molecular flexibility index (Phi) is 5.30. The monoisotopic (exact) mass is 432 g/mol. The molecule has 0 aromatic heterocycles. The quantitative estimate of drug-likeness (QED) is 0.369. The van der Waals surface area contributed by atoms with Crippen LogP contribution in [0.4, 0.5) is 0 Å². The molecule has 0 fully saturated rings. The Labute approximate surface area is 196 Å². The summed E-state index contributed by atoms with van der Waals surface area (Å²) < 4.78 is 11.3. The standard InChI is InChI=1S/C31H28O2/c1-5-32-24-16-17-27(21(3)20-24)31(23-15-18-30(33-6-2)22(4)19-23)28-13-9-7-11-25(28)26-12-8-10-14-29(26)31/h5-19,21H,1-2,20H2,3-4H3. The number of fused-ring (bicyclic) bond motifs is 3. The van der Waals surface area contributed by atoms with Gasteiger partial charge in [-0.1, -0.05) is 86.8 Å². The highest BCUT2D eigenvalue weighted by Crippen LogP contribution is 2.58. The Morgan fingerprint density at radius 2 is 1.48 bits per heavy atom. The van der Waals surface area contributed by atoms with Gasteiger partial charge >= 0.3 is 0 Å². The maximum atomic E-state index is 5.66. The van der Waals surface area contributed by atoms with Crippen molar-refractivity contribution in [3.63, 3.8) is 0 Å². The maximum absolute atomic E-state index is 5.66. The number of rotatable bonds is 6. The van der Waals surface area contributed by atoms with Gasteiger partial charge in [0.1, 0.15) is 11.5 Å². The molecule has 2 heteroatoms. The summed E-state index contributed by atoms with van der Waals surface area (Å²) >= 11 is 0. The second-order valence-electron chi connectivity index (χ2n) is 8.75. The van der Waals surface area contributed by atoms with E-state index >= 15 is 0 Å². The fourth-order valence-electron chi connectivity index (χ4n) is 5.64. The summed E-state index contributed by atoms with van der Waals surface area (Å²) in [7, 11) is 0. The molecule has 0 radical (unpaired) electrons. The summed E-state index contributed by atoms with van der Waals surface area (Å²) in [5.41, 5.74) is 8.54. The van der Waals surface area contributed by atoms with Crippen molar-refractivity contribution in [3.8, 4) is 16.9 Å². The third-order valence-corrected chi connectivity index (χ3v) is 6.93. The average Bonchev–Trinajstić information content (AvgIpc) is 3.12. The molecule has 2 nitrogen and oxygen atoms in total. The van der Waals surface area contributed by atoms with Crippen molar-refractivity contribution in [1.82, 2.24) is 0 Å². The molecule has 0 amide bonds. The van der Waals surface area contributed by atoms with Crippen LogP contribution in [0.25, 0.3) is 11.1 Å². The van der Waals surface area contributed by atoms with E-state index in [1.807, 2.05) is 0 Å². The van der Waals surface area contributed by atoms with Crippen LogP contribution in [-0.4, -0.2) is 0 Å². The summed E-state index contributed by atoms with van der Waals surface area (Å²) in [6.07, 6.45) is 8.19. The van der Waals surface area contributed by atoms with E-state index in [1.54, 1.807) is 0 Å². The van der Waals surface area contributed by atoms with Crippen LogP contribution in [0, 0.1) is 12.8 Å². The van der Waals surface area contributed by atoms with Crippen LogP contribution < -0.4 is 4.74 Å². The zero-order chi connectivity index (χ0) is 23.0. The van der Waals surface area contributed by atoms with Crippen LogP contribution in [0.2, 0.25) is 0 Å². The average molecular weight is 433 g/mol. The van der Waals surface area contributed by atoms with Crippen molar-refractivity contribution in [2.45, 2.75) is 25.7 Å². The summed E-state index contributed by atoms with van der Waals surface area (Å²) in [4.78, 5) is 0. The number of allylic oxidation sites excluding steroid dienone is 4. The van der Waals surface area contributed by atoms with E-state index in [1.165, 1.54) is 45.9 Å². The highest BCUT2D eigenvalue weighted by Gasteiger charge is 2.48. The lowest BCUT2D eigenvalue weighted by Crippen LogP contribution is -2.33. The number of benzene rings is 3. The van der Waals surface area contributed by atoms with Crippen LogP contribution in [0.1, 0.15) is 35.6 Å². The minimum absolute atomic E-state index is 0.286. The van der Waals surface area contributed by atoms with Gasteiger partial charge in [-0.05, 0) is 63.9 Å². The van der Waals surface area contributed by atoms with Crippen molar-refractivity contribution < 1.29 is 9.47 Å². The van der Waals surface area contributed by atoms with Crippen LogP contribution in [-0.2, 0) is 10.2 Å². The second kappa shape index (κ2) is 8.29. The van der Waals surface area contributed by atoms with Crippen molar-refractivity contribution in [2.24, 2.45) is 5.92 Å². The molecular formula is C31H28O2. The predicted molar refractivity (Wildman–Crippen MR) is 135 cm³/mol. The third-order valence-electron chi connectivity index (χ3n) is 6.93. The Bertz CT molecular complexity index is 1260. The SMILES string of the molecule is C=COC1=CC=C(C2(c3ccc(OC=C)c(C)c3)c3ccccc3-c3ccccc32)C(C)C1. The molecule has 3 aromatic carbocycles. The largest absolute Gasteiger partial charge is 0.470 e. The number of aryl methyl sites for hydroxylation is 1. The minimum Gasteiger partial charge on any atom is -0.470 e. The van der Waals surface area contributed by atoms with Crippen molar-refractivity contribution in [1.29, 1.82) is 0 Å². The number of ether oxygens (including phenoxy) is 2. The Hall–Kier alpha value is -3.78. The van der Waals surface area contributed by atoms with Crippen LogP contribution in [0.5, 0.6) is 5.75 Å². The first-order valence-electron chi connectivity index (χ1n) is 11.4. The van der Waals surface area contributed by atoms with Gasteiger partial charge in [-0.25, -0.2) is 0 Å². The zero-order valence-corrected chi connectivity index (χ0v) is 19.2. The highest BCUT2D eigenvalue weighted by atomic mass is 16.5. The van der Waals surface area contributed by atoms with Gasteiger partial charge in [0.2, 0.25) is 0 Å². The molecule has 164 valence electrons. The van der Waals surface area contributed by atoms with E-state index in [0.29, 0.717) is 0 Å². The van der Waals surface area contributed by atoms with Crippen LogP contribution in [0.15, 0.2) is 116 Å². The fraction of sp³-hybridized carbons (Fsp3) is 0.161. The van der Waals surface area contributed by atoms with Crippen LogP contribution >= 0.6 is 0 Å². The van der Waals surface area contributed by atoms with E-state index in [2.05, 4.69) is 106 Å². The van der Waals surface area contributed by atoms with Gasteiger partial charge in [-0.2, -0.15) is 0 Å². The first-order chi connectivity index (χ1) is 16.1. The molecule has 1 atom stereocenters. The van der Waals surface area contributed by atoms with Crippen LogP contribution in [0.3, 0.4) is 0 Å². The van der Waals surface area contributed by atoms with Gasteiger partial charge in [-0.15, -0.1) is 0 Å². The van der Waals surface area contributed by atoms with Gasteiger partial charge in [0.25, 0.3) is 0 Å². The molecule has 0 N–H and O–H groups in total. The molecule has 0 saturated heterocycles. The molecule has 5 rings (SSSR count).